The van der Waals surface area contributed by atoms with E-state index >= 15 is 0 Å². The fourth-order valence-corrected chi connectivity index (χ4v) is 5.90. The molecule has 2 rings (SSSR count). The lowest BCUT2D eigenvalue weighted by Crippen LogP contribution is -2.42. The van der Waals surface area contributed by atoms with Crippen molar-refractivity contribution in [3.8, 4) is 0 Å². The van der Waals surface area contributed by atoms with E-state index in [0.29, 0.717) is 0 Å². The lowest BCUT2D eigenvalue weighted by Gasteiger charge is -2.31. The van der Waals surface area contributed by atoms with Crippen LogP contribution in [-0.2, 0) is 13.0 Å². The van der Waals surface area contributed by atoms with Gasteiger partial charge in [-0.1, -0.05) is 38.2 Å². The van der Waals surface area contributed by atoms with E-state index in [9.17, 15) is 4.79 Å². The van der Waals surface area contributed by atoms with Gasteiger partial charge in [0.25, 0.3) is 0 Å². The summed E-state index contributed by atoms with van der Waals surface area (Å²) in [7, 11) is -1.25. The van der Waals surface area contributed by atoms with Crippen molar-refractivity contribution in [1.29, 1.82) is 0 Å². The maximum Gasteiger partial charge on any atom is 0.216 e. The Bertz CT molecular complexity index is 487. The Morgan fingerprint density at radius 1 is 1.42 bits per heavy atom. The van der Waals surface area contributed by atoms with Crippen molar-refractivity contribution in [3.63, 3.8) is 0 Å². The molecule has 0 atom stereocenters. The van der Waals surface area contributed by atoms with Crippen LogP contribution in [0.15, 0.2) is 18.2 Å². The number of benzene rings is 1. The van der Waals surface area contributed by atoms with Crippen LogP contribution in [0.2, 0.25) is 19.1 Å². The molecule has 104 valence electrons. The number of aryl methyl sites for hydroxylation is 1. The highest BCUT2D eigenvalue weighted by Crippen LogP contribution is 2.29. The molecule has 0 aromatic heterocycles. The number of hydrogen-bond donors (Lipinski definition) is 1. The molecule has 0 unspecified atom stereocenters. The average molecular weight is 294 g/mol. The second-order valence-electron chi connectivity index (χ2n) is 5.94. The number of carbonyl (C=O) groups is 1. The zero-order valence-electron chi connectivity index (χ0n) is 12.1. The Hall–Kier alpha value is -0.583. The van der Waals surface area contributed by atoms with E-state index < -0.39 is 8.24 Å². The SMILES string of the molecule is CCc1cccc(C(=O)S)c1CN1CCC[Si]1(C)C. The molecule has 0 spiro atoms. The Kier molecular flexibility index (Phi) is 4.53. The fourth-order valence-electron chi connectivity index (χ4n) is 3.00. The summed E-state index contributed by atoms with van der Waals surface area (Å²) in [6.45, 7) is 9.11. The highest BCUT2D eigenvalue weighted by Gasteiger charge is 2.34. The Morgan fingerprint density at radius 2 is 2.16 bits per heavy atom. The van der Waals surface area contributed by atoms with Crippen LogP contribution in [0.25, 0.3) is 0 Å². The van der Waals surface area contributed by atoms with Crippen molar-refractivity contribution in [2.75, 3.05) is 6.54 Å². The first-order chi connectivity index (χ1) is 8.95. The van der Waals surface area contributed by atoms with Gasteiger partial charge in [-0.05, 0) is 36.6 Å². The van der Waals surface area contributed by atoms with Gasteiger partial charge in [-0.3, -0.25) is 4.79 Å². The largest absolute Gasteiger partial charge is 0.320 e. The molecule has 0 aliphatic carbocycles. The fraction of sp³-hybridized carbons (Fsp3) is 0.533. The number of carbonyl (C=O) groups excluding carboxylic acids is 1. The molecule has 0 amide bonds. The van der Waals surface area contributed by atoms with Crippen LogP contribution in [0.3, 0.4) is 0 Å². The van der Waals surface area contributed by atoms with Crippen LogP contribution < -0.4 is 0 Å². The minimum absolute atomic E-state index is 0.107. The van der Waals surface area contributed by atoms with Crippen molar-refractivity contribution in [1.82, 2.24) is 4.57 Å². The van der Waals surface area contributed by atoms with Gasteiger partial charge in [0.2, 0.25) is 5.12 Å². The molecule has 1 aromatic carbocycles. The normalized spacial score (nSPS) is 18.7. The summed E-state index contributed by atoms with van der Waals surface area (Å²) in [6.07, 6.45) is 2.28. The Morgan fingerprint density at radius 3 is 2.68 bits per heavy atom. The first kappa shape index (κ1) is 14.8. The van der Waals surface area contributed by atoms with Crippen LogP contribution in [-0.4, -0.2) is 24.5 Å². The molecule has 1 aromatic rings. The van der Waals surface area contributed by atoms with Gasteiger partial charge in [0, 0.05) is 12.1 Å². The van der Waals surface area contributed by atoms with Crippen LogP contribution in [0, 0.1) is 0 Å². The van der Waals surface area contributed by atoms with Crippen LogP contribution in [0.5, 0.6) is 0 Å². The molecule has 2 nitrogen and oxygen atoms in total. The van der Waals surface area contributed by atoms with Gasteiger partial charge in [0.05, 0.1) is 0 Å². The molecule has 0 radical (unpaired) electrons. The topological polar surface area (TPSA) is 20.3 Å². The molecule has 0 bridgehead atoms. The van der Waals surface area contributed by atoms with E-state index in [-0.39, 0.29) is 5.12 Å². The van der Waals surface area contributed by atoms with Gasteiger partial charge in [-0.2, -0.15) is 0 Å². The molecule has 1 saturated heterocycles. The maximum atomic E-state index is 11.7. The van der Waals surface area contributed by atoms with Crippen molar-refractivity contribution in [2.45, 2.75) is 45.4 Å². The van der Waals surface area contributed by atoms with E-state index in [4.69, 9.17) is 0 Å². The van der Waals surface area contributed by atoms with Crippen molar-refractivity contribution in [2.24, 2.45) is 0 Å². The number of hydrogen-bond acceptors (Lipinski definition) is 2. The number of thiol groups is 1. The van der Waals surface area contributed by atoms with Crippen molar-refractivity contribution >= 4 is 26.0 Å². The minimum Gasteiger partial charge on any atom is -0.320 e. The summed E-state index contributed by atoms with van der Waals surface area (Å²) in [5, 5.41) is -0.107. The van der Waals surface area contributed by atoms with Crippen LogP contribution in [0.4, 0.5) is 0 Å². The van der Waals surface area contributed by atoms with Gasteiger partial charge >= 0.3 is 0 Å². The molecule has 1 heterocycles. The quantitative estimate of drug-likeness (QED) is 0.674. The highest BCUT2D eigenvalue weighted by atomic mass is 32.1. The summed E-state index contributed by atoms with van der Waals surface area (Å²) >= 11 is 4.04. The molecule has 0 saturated carbocycles. The van der Waals surface area contributed by atoms with Crippen molar-refractivity contribution in [3.05, 3.63) is 34.9 Å². The predicted octanol–water partition coefficient (Wildman–Crippen LogP) is 3.73. The standard InChI is InChI=1S/C15H23NOSSi/c1-4-12-7-5-8-13(15(17)18)14(12)11-16-9-6-10-19(16,2)3/h5,7-8H,4,6,9-11H2,1-3H3,(H,17,18). The molecule has 1 aliphatic heterocycles. The molecule has 1 aliphatic rings. The van der Waals surface area contributed by atoms with Gasteiger partial charge in [-0.15, -0.1) is 12.6 Å². The van der Waals surface area contributed by atoms with Gasteiger partial charge in [0.15, 0.2) is 0 Å². The highest BCUT2D eigenvalue weighted by molar-refractivity contribution is 7.97. The zero-order valence-corrected chi connectivity index (χ0v) is 14.0. The van der Waals surface area contributed by atoms with E-state index in [1.807, 2.05) is 12.1 Å². The van der Waals surface area contributed by atoms with Gasteiger partial charge in [0.1, 0.15) is 8.24 Å². The molecule has 19 heavy (non-hydrogen) atoms. The van der Waals surface area contributed by atoms with Crippen molar-refractivity contribution < 1.29 is 4.79 Å². The van der Waals surface area contributed by atoms with E-state index in [2.05, 4.69) is 43.3 Å². The zero-order chi connectivity index (χ0) is 14.0. The maximum absolute atomic E-state index is 11.7. The third-order valence-electron chi connectivity index (χ3n) is 4.31. The molecule has 4 heteroatoms. The van der Waals surface area contributed by atoms with E-state index in [0.717, 1.165) is 18.5 Å². The number of rotatable bonds is 4. The van der Waals surface area contributed by atoms with E-state index in [1.54, 1.807) is 0 Å². The Balaban J connectivity index is 2.35. The van der Waals surface area contributed by atoms with Crippen LogP contribution >= 0.6 is 12.6 Å². The lowest BCUT2D eigenvalue weighted by molar-refractivity contribution is 0.109. The predicted molar refractivity (Wildman–Crippen MR) is 86.5 cm³/mol. The third kappa shape index (κ3) is 3.12. The summed E-state index contributed by atoms with van der Waals surface area (Å²) in [5.41, 5.74) is 3.28. The summed E-state index contributed by atoms with van der Waals surface area (Å²) in [4.78, 5) is 11.7. The first-order valence-corrected chi connectivity index (χ1v) is 10.6. The van der Waals surface area contributed by atoms with Crippen LogP contribution in [0.1, 0.15) is 34.8 Å². The van der Waals surface area contributed by atoms with Gasteiger partial charge in [-0.25, -0.2) is 0 Å². The monoisotopic (exact) mass is 293 g/mol. The smallest absolute Gasteiger partial charge is 0.216 e. The first-order valence-electron chi connectivity index (χ1n) is 7.05. The van der Waals surface area contributed by atoms with Gasteiger partial charge < -0.3 is 4.57 Å². The third-order valence-corrected chi connectivity index (χ3v) is 8.22. The molecular weight excluding hydrogens is 270 g/mol. The second-order valence-corrected chi connectivity index (χ2v) is 11.1. The molecular formula is C15H23NOSSi. The summed E-state index contributed by atoms with van der Waals surface area (Å²) < 4.78 is 2.63. The van der Waals surface area contributed by atoms with E-state index in [1.165, 1.54) is 30.1 Å². The summed E-state index contributed by atoms with van der Waals surface area (Å²) in [6, 6.07) is 7.39. The summed E-state index contributed by atoms with van der Waals surface area (Å²) in [5.74, 6) is 0. The molecule has 0 N–H and O–H groups in total. The average Bonchev–Trinajstić information content (AvgIpc) is 2.68. The minimum atomic E-state index is -1.25. The Labute approximate surface area is 122 Å². The number of nitrogens with zero attached hydrogens (tertiary/aromatic N) is 1. The lowest BCUT2D eigenvalue weighted by atomic mass is 9.99. The molecule has 1 fully saturated rings. The second kappa shape index (κ2) is 5.81.